The number of fused-ring (bicyclic) bond motifs is 3. The molecule has 3 aliphatic heterocycles. The Balaban J connectivity index is 1.55. The number of hydrogen-bond donors (Lipinski definition) is 2. The minimum absolute atomic E-state index is 0.208. The predicted molar refractivity (Wildman–Crippen MR) is 120 cm³/mol. The van der Waals surface area contributed by atoms with Crippen LogP contribution in [0.1, 0.15) is 23.5 Å². The number of nitrogens with zero attached hydrogens (tertiary/aromatic N) is 2. The topological polar surface area (TPSA) is 55.8 Å². The van der Waals surface area contributed by atoms with E-state index < -0.39 is 6.09 Å². The summed E-state index contributed by atoms with van der Waals surface area (Å²) in [6.07, 6.45) is 0.0511. The van der Waals surface area contributed by atoms with Crippen LogP contribution in [0.2, 0.25) is 10.0 Å². The molecule has 1 fully saturated rings. The maximum Gasteiger partial charge on any atom is 0.407 e. The second-order valence-electron chi connectivity index (χ2n) is 7.76. The predicted octanol–water partition coefficient (Wildman–Crippen LogP) is 5.64. The van der Waals surface area contributed by atoms with Crippen molar-refractivity contribution < 1.29 is 9.90 Å². The molecule has 2 aromatic carbocycles. The first kappa shape index (κ1) is 19.2. The van der Waals surface area contributed by atoms with Gasteiger partial charge in [0.25, 0.3) is 0 Å². The van der Waals surface area contributed by atoms with Gasteiger partial charge in [-0.1, -0.05) is 23.2 Å². The van der Waals surface area contributed by atoms with Gasteiger partial charge in [0.1, 0.15) is 0 Å². The molecule has 0 radical (unpaired) electrons. The molecule has 2 N–H and O–H groups in total. The second kappa shape index (κ2) is 7.49. The van der Waals surface area contributed by atoms with Crippen LogP contribution >= 0.6 is 35.0 Å². The van der Waals surface area contributed by atoms with Crippen LogP contribution in [0.3, 0.4) is 0 Å². The van der Waals surface area contributed by atoms with Crippen LogP contribution in [0.4, 0.5) is 21.9 Å². The van der Waals surface area contributed by atoms with Gasteiger partial charge in [0.05, 0.1) is 10.7 Å². The Kier molecular flexibility index (Phi) is 4.96. The van der Waals surface area contributed by atoms with Crippen molar-refractivity contribution in [3.63, 3.8) is 0 Å². The van der Waals surface area contributed by atoms with E-state index in [9.17, 15) is 9.90 Å². The van der Waals surface area contributed by atoms with Crippen LogP contribution < -0.4 is 10.2 Å². The number of nitrogens with one attached hydrogen (secondary N) is 1. The van der Waals surface area contributed by atoms with Crippen molar-refractivity contribution >= 4 is 58.1 Å². The van der Waals surface area contributed by atoms with Gasteiger partial charge in [-0.05, 0) is 47.9 Å². The summed E-state index contributed by atoms with van der Waals surface area (Å²) in [5, 5.41) is 14.1. The molecule has 8 heteroatoms. The Hall–Kier alpha value is -1.76. The van der Waals surface area contributed by atoms with Gasteiger partial charge in [-0.2, -0.15) is 11.8 Å². The lowest BCUT2D eigenvalue weighted by atomic mass is 9.88. The molecule has 3 aliphatic rings. The molecular formula is C21H21Cl2N3O2S. The Morgan fingerprint density at radius 3 is 2.86 bits per heavy atom. The Labute approximate surface area is 184 Å². The first-order chi connectivity index (χ1) is 14.0. The van der Waals surface area contributed by atoms with E-state index in [4.69, 9.17) is 23.2 Å². The maximum atomic E-state index is 11.6. The van der Waals surface area contributed by atoms with Gasteiger partial charge in [0.2, 0.25) is 0 Å². The summed E-state index contributed by atoms with van der Waals surface area (Å²) < 4.78 is 0. The van der Waals surface area contributed by atoms with Crippen LogP contribution in [-0.2, 0) is 5.75 Å². The first-order valence-electron chi connectivity index (χ1n) is 9.72. The van der Waals surface area contributed by atoms with Gasteiger partial charge in [0, 0.05) is 59.5 Å². The fraction of sp³-hybridized carbons (Fsp3) is 0.381. The Morgan fingerprint density at radius 2 is 2.07 bits per heavy atom. The van der Waals surface area contributed by atoms with Crippen LogP contribution in [0.15, 0.2) is 30.3 Å². The zero-order valence-electron chi connectivity index (χ0n) is 15.7. The van der Waals surface area contributed by atoms with Crippen molar-refractivity contribution in [1.82, 2.24) is 4.90 Å². The number of carbonyl (C=O) groups is 1. The lowest BCUT2D eigenvalue weighted by Gasteiger charge is -2.37. The molecule has 1 amide bonds. The second-order valence-corrected chi connectivity index (χ2v) is 9.71. The Bertz CT molecular complexity index is 987. The molecule has 0 unspecified atom stereocenters. The van der Waals surface area contributed by atoms with Crippen LogP contribution in [0.5, 0.6) is 0 Å². The third-order valence-corrected chi connectivity index (χ3v) is 7.63. The fourth-order valence-electron chi connectivity index (χ4n) is 4.86. The number of thioether (sulfide) groups is 1. The molecule has 0 bridgehead atoms. The Morgan fingerprint density at radius 1 is 1.21 bits per heavy atom. The minimum atomic E-state index is -0.825. The smallest absolute Gasteiger partial charge is 0.407 e. The van der Waals surface area contributed by atoms with E-state index in [1.807, 2.05) is 23.9 Å². The number of hydrogen-bond acceptors (Lipinski definition) is 4. The summed E-state index contributed by atoms with van der Waals surface area (Å²) in [4.78, 5) is 15.7. The summed E-state index contributed by atoms with van der Waals surface area (Å²) in [7, 11) is 0. The zero-order valence-corrected chi connectivity index (χ0v) is 18.0. The molecule has 2 aromatic rings. The maximum absolute atomic E-state index is 11.6. The average molecular weight is 450 g/mol. The highest BCUT2D eigenvalue weighted by atomic mass is 35.5. The summed E-state index contributed by atoms with van der Waals surface area (Å²) in [6.45, 7) is 2.19. The van der Waals surface area contributed by atoms with E-state index in [1.165, 1.54) is 16.8 Å². The van der Waals surface area contributed by atoms with Crippen LogP contribution in [0, 0.1) is 0 Å². The minimum Gasteiger partial charge on any atom is -0.465 e. The van der Waals surface area contributed by atoms with Crippen molar-refractivity contribution in [3.05, 3.63) is 51.5 Å². The molecule has 3 heterocycles. The van der Waals surface area contributed by atoms with Gasteiger partial charge < -0.3 is 20.2 Å². The van der Waals surface area contributed by atoms with Gasteiger partial charge in [-0.25, -0.2) is 4.79 Å². The quantitative estimate of drug-likeness (QED) is 0.620. The first-order valence-corrected chi connectivity index (χ1v) is 11.6. The molecule has 29 heavy (non-hydrogen) atoms. The lowest BCUT2D eigenvalue weighted by Crippen LogP contribution is -2.48. The normalized spacial score (nSPS) is 22.7. The number of carboxylic acid groups (broad SMARTS) is 1. The molecule has 5 nitrogen and oxygen atoms in total. The van der Waals surface area contributed by atoms with Gasteiger partial charge in [0.15, 0.2) is 0 Å². The highest BCUT2D eigenvalue weighted by molar-refractivity contribution is 7.98. The largest absolute Gasteiger partial charge is 0.465 e. The number of amides is 1. The molecule has 0 saturated carbocycles. The van der Waals surface area contributed by atoms with E-state index in [-0.39, 0.29) is 5.92 Å². The lowest BCUT2D eigenvalue weighted by molar-refractivity contribution is 0.127. The molecular weight excluding hydrogens is 429 g/mol. The van der Waals surface area contributed by atoms with Gasteiger partial charge >= 0.3 is 6.09 Å². The van der Waals surface area contributed by atoms with Crippen molar-refractivity contribution in [3.8, 4) is 0 Å². The molecule has 0 spiro atoms. The number of rotatable bonds is 2. The van der Waals surface area contributed by atoms with E-state index in [0.717, 1.165) is 35.8 Å². The van der Waals surface area contributed by atoms with Crippen LogP contribution in [-0.4, -0.2) is 47.5 Å². The van der Waals surface area contributed by atoms with Gasteiger partial charge in [-0.3, -0.25) is 0 Å². The van der Waals surface area contributed by atoms with Crippen molar-refractivity contribution in [2.24, 2.45) is 0 Å². The fourth-order valence-corrected chi connectivity index (χ4v) is 6.23. The highest BCUT2D eigenvalue weighted by Gasteiger charge is 2.44. The third-order valence-electron chi connectivity index (χ3n) is 6.10. The molecule has 152 valence electrons. The van der Waals surface area contributed by atoms with E-state index in [1.54, 1.807) is 11.0 Å². The number of anilines is 3. The standard InChI is InChI=1S/C21H21Cl2N3O2S/c22-13-1-2-18(17(23)8-13)24-14-7-12-11-29-6-5-26-19-3-4-25(21(27)28)10-16(19)15(9-14)20(12)26/h1-2,7-9,16,19,24H,3-6,10-11H2,(H,27,28)/t16-,19-/m0/s1. The molecule has 0 aliphatic carbocycles. The van der Waals surface area contributed by atoms with Crippen LogP contribution in [0.25, 0.3) is 0 Å². The highest BCUT2D eigenvalue weighted by Crippen LogP contribution is 2.50. The zero-order chi connectivity index (χ0) is 20.1. The molecule has 0 aromatic heterocycles. The van der Waals surface area contributed by atoms with Crippen molar-refractivity contribution in [1.29, 1.82) is 0 Å². The number of piperidine rings is 1. The number of halogens is 2. The molecule has 2 atom stereocenters. The monoisotopic (exact) mass is 449 g/mol. The van der Waals surface area contributed by atoms with Gasteiger partial charge in [-0.15, -0.1) is 0 Å². The average Bonchev–Trinajstić information content (AvgIpc) is 2.85. The van der Waals surface area contributed by atoms with E-state index >= 15 is 0 Å². The summed E-state index contributed by atoms with van der Waals surface area (Å²) >= 11 is 14.3. The van der Waals surface area contributed by atoms with Crippen molar-refractivity contribution in [2.75, 3.05) is 35.6 Å². The summed E-state index contributed by atoms with van der Waals surface area (Å²) in [5.74, 6) is 2.26. The third kappa shape index (κ3) is 3.41. The van der Waals surface area contributed by atoms with E-state index in [2.05, 4.69) is 22.3 Å². The summed E-state index contributed by atoms with van der Waals surface area (Å²) in [5.41, 5.74) is 5.69. The number of likely N-dealkylation sites (tertiary alicyclic amines) is 1. The molecule has 1 saturated heterocycles. The van der Waals surface area contributed by atoms with E-state index in [0.29, 0.717) is 29.2 Å². The number of benzene rings is 2. The van der Waals surface area contributed by atoms with Crippen molar-refractivity contribution in [2.45, 2.75) is 24.1 Å². The summed E-state index contributed by atoms with van der Waals surface area (Å²) in [6, 6.07) is 10.2. The SMILES string of the molecule is O=C(O)N1CC[C@H]2[C@@H](C1)c1cc(Nc3ccc(Cl)cc3Cl)cc3c1N2CCSC3. The molecule has 5 rings (SSSR count).